The summed E-state index contributed by atoms with van der Waals surface area (Å²) < 4.78 is 1.34. The number of carbonyl (C=O) groups is 2. The molecule has 0 saturated carbocycles. The molecule has 0 saturated heterocycles. The van der Waals surface area contributed by atoms with E-state index in [0.29, 0.717) is 5.02 Å². The zero-order valence-electron chi connectivity index (χ0n) is 11.1. The van der Waals surface area contributed by atoms with Crippen molar-refractivity contribution in [3.63, 3.8) is 0 Å². The van der Waals surface area contributed by atoms with Crippen LogP contribution in [0.4, 0.5) is 5.69 Å². The fourth-order valence-electron chi connectivity index (χ4n) is 1.72. The fraction of sp³-hybridized carbons (Fsp3) is 0.0714. The summed E-state index contributed by atoms with van der Waals surface area (Å²) in [5.74, 6) is -1.22. The Kier molecular flexibility index (Phi) is 4.09. The topological polar surface area (TPSA) is 94.2 Å². The minimum absolute atomic E-state index is 0.136. The van der Waals surface area contributed by atoms with Gasteiger partial charge in [-0.05, 0) is 24.3 Å². The van der Waals surface area contributed by atoms with E-state index in [1.165, 1.54) is 41.1 Å². The Hall–Kier alpha value is -2.60. The number of amides is 2. The van der Waals surface area contributed by atoms with E-state index < -0.39 is 11.8 Å². The molecule has 2 rings (SSSR count). The maximum absolute atomic E-state index is 12.1. The molecular weight excluding hydrogens is 294 g/mol. The van der Waals surface area contributed by atoms with Crippen molar-refractivity contribution in [2.24, 2.45) is 12.8 Å². The Morgan fingerprint density at radius 1 is 1.24 bits per heavy atom. The second kappa shape index (κ2) is 5.80. The van der Waals surface area contributed by atoms with Crippen LogP contribution < -0.4 is 16.6 Å². The van der Waals surface area contributed by atoms with Crippen molar-refractivity contribution >= 4 is 29.1 Å². The molecule has 1 aromatic heterocycles. The number of nitrogens with two attached hydrogens (primary N) is 1. The van der Waals surface area contributed by atoms with Crippen molar-refractivity contribution in [2.75, 3.05) is 5.32 Å². The number of aryl methyl sites for hydroxylation is 1. The molecule has 0 fully saturated rings. The van der Waals surface area contributed by atoms with Crippen LogP contribution in [0.5, 0.6) is 0 Å². The largest absolute Gasteiger partial charge is 0.366 e. The molecule has 6 nitrogen and oxygen atoms in total. The van der Waals surface area contributed by atoms with Crippen molar-refractivity contribution < 1.29 is 9.59 Å². The summed E-state index contributed by atoms with van der Waals surface area (Å²) in [5, 5.41) is 2.87. The van der Waals surface area contributed by atoms with Gasteiger partial charge >= 0.3 is 0 Å². The third kappa shape index (κ3) is 3.29. The Balaban J connectivity index is 2.35. The standard InChI is InChI=1S/C14H12ClN3O3/c1-18-5-4-8(6-12(18)19)14(21)17-11-7-9(15)2-3-10(11)13(16)20/h2-7H,1H3,(H2,16,20)(H,17,21). The van der Waals surface area contributed by atoms with E-state index in [2.05, 4.69) is 5.32 Å². The lowest BCUT2D eigenvalue weighted by Crippen LogP contribution is -2.21. The van der Waals surface area contributed by atoms with E-state index >= 15 is 0 Å². The van der Waals surface area contributed by atoms with Crippen LogP contribution in [0.15, 0.2) is 41.3 Å². The van der Waals surface area contributed by atoms with Crippen LogP contribution in [0.2, 0.25) is 5.02 Å². The predicted molar refractivity (Wildman–Crippen MR) is 79.6 cm³/mol. The molecule has 0 spiro atoms. The maximum Gasteiger partial charge on any atom is 0.255 e. The number of halogens is 1. The highest BCUT2D eigenvalue weighted by Gasteiger charge is 2.13. The van der Waals surface area contributed by atoms with Gasteiger partial charge in [0.15, 0.2) is 0 Å². The molecule has 0 unspecified atom stereocenters. The third-order valence-corrected chi connectivity index (χ3v) is 3.10. The molecule has 0 radical (unpaired) electrons. The smallest absolute Gasteiger partial charge is 0.255 e. The average Bonchev–Trinajstić information content (AvgIpc) is 2.41. The molecule has 0 bridgehead atoms. The Morgan fingerprint density at radius 2 is 1.95 bits per heavy atom. The van der Waals surface area contributed by atoms with Gasteiger partial charge < -0.3 is 15.6 Å². The van der Waals surface area contributed by atoms with Gasteiger partial charge in [-0.25, -0.2) is 0 Å². The zero-order chi connectivity index (χ0) is 15.6. The number of pyridine rings is 1. The highest BCUT2D eigenvalue weighted by atomic mass is 35.5. The fourth-order valence-corrected chi connectivity index (χ4v) is 1.89. The van der Waals surface area contributed by atoms with Gasteiger partial charge in [0.2, 0.25) is 0 Å². The number of nitrogens with one attached hydrogen (secondary N) is 1. The molecule has 2 amide bonds. The van der Waals surface area contributed by atoms with Crippen molar-refractivity contribution in [3.05, 3.63) is 63.0 Å². The molecule has 0 aliphatic carbocycles. The lowest BCUT2D eigenvalue weighted by atomic mass is 10.1. The minimum Gasteiger partial charge on any atom is -0.366 e. The monoisotopic (exact) mass is 305 g/mol. The summed E-state index contributed by atoms with van der Waals surface area (Å²) in [6.07, 6.45) is 1.48. The van der Waals surface area contributed by atoms with Crippen molar-refractivity contribution in [1.82, 2.24) is 4.57 Å². The lowest BCUT2D eigenvalue weighted by Gasteiger charge is -2.09. The van der Waals surface area contributed by atoms with Crippen molar-refractivity contribution in [2.45, 2.75) is 0 Å². The first-order valence-electron chi connectivity index (χ1n) is 5.96. The second-order valence-electron chi connectivity index (χ2n) is 4.37. The molecule has 3 N–H and O–H groups in total. The SMILES string of the molecule is Cn1ccc(C(=O)Nc2cc(Cl)ccc2C(N)=O)cc1=O. The summed E-state index contributed by atoms with van der Waals surface area (Å²) >= 11 is 5.84. The molecule has 0 aliphatic heterocycles. The number of hydrogen-bond donors (Lipinski definition) is 2. The van der Waals surface area contributed by atoms with Crippen LogP contribution in [-0.4, -0.2) is 16.4 Å². The van der Waals surface area contributed by atoms with Crippen LogP contribution in [0.3, 0.4) is 0 Å². The lowest BCUT2D eigenvalue weighted by molar-refractivity contribution is 0.100. The van der Waals surface area contributed by atoms with E-state index in [9.17, 15) is 14.4 Å². The van der Waals surface area contributed by atoms with Crippen molar-refractivity contribution in [1.29, 1.82) is 0 Å². The van der Waals surface area contributed by atoms with E-state index in [1.54, 1.807) is 7.05 Å². The van der Waals surface area contributed by atoms with Crippen LogP contribution >= 0.6 is 11.6 Å². The number of hydrogen-bond acceptors (Lipinski definition) is 3. The number of nitrogens with zero attached hydrogens (tertiary/aromatic N) is 1. The van der Waals surface area contributed by atoms with Crippen molar-refractivity contribution in [3.8, 4) is 0 Å². The van der Waals surface area contributed by atoms with Gasteiger partial charge in [-0.15, -0.1) is 0 Å². The number of anilines is 1. The number of benzene rings is 1. The molecule has 7 heteroatoms. The Bertz CT molecular complexity index is 783. The molecule has 108 valence electrons. The highest BCUT2D eigenvalue weighted by Crippen LogP contribution is 2.21. The first kappa shape index (κ1) is 14.8. The Morgan fingerprint density at radius 3 is 2.57 bits per heavy atom. The van der Waals surface area contributed by atoms with E-state index in [4.69, 9.17) is 17.3 Å². The van der Waals surface area contributed by atoms with Gasteiger partial charge in [-0.1, -0.05) is 11.6 Å². The molecular formula is C14H12ClN3O3. The highest BCUT2D eigenvalue weighted by molar-refractivity contribution is 6.31. The second-order valence-corrected chi connectivity index (χ2v) is 4.81. The summed E-state index contributed by atoms with van der Waals surface area (Å²) in [7, 11) is 1.58. The summed E-state index contributed by atoms with van der Waals surface area (Å²) in [6.45, 7) is 0. The average molecular weight is 306 g/mol. The van der Waals surface area contributed by atoms with Gasteiger partial charge in [0, 0.05) is 29.9 Å². The molecule has 1 aromatic carbocycles. The molecule has 0 aliphatic rings. The minimum atomic E-state index is -0.689. The van der Waals surface area contributed by atoms with E-state index in [-0.39, 0.29) is 22.4 Å². The van der Waals surface area contributed by atoms with Gasteiger partial charge in [0.1, 0.15) is 0 Å². The quantitative estimate of drug-likeness (QED) is 0.897. The van der Waals surface area contributed by atoms with Crippen LogP contribution in [0, 0.1) is 0 Å². The first-order chi connectivity index (χ1) is 9.88. The molecule has 21 heavy (non-hydrogen) atoms. The van der Waals surface area contributed by atoms with Gasteiger partial charge in [-0.2, -0.15) is 0 Å². The van der Waals surface area contributed by atoms with Crippen LogP contribution in [0.1, 0.15) is 20.7 Å². The number of primary amides is 1. The summed E-state index contributed by atoms with van der Waals surface area (Å²) in [6, 6.07) is 7.02. The third-order valence-electron chi connectivity index (χ3n) is 2.86. The molecule has 1 heterocycles. The molecule has 2 aromatic rings. The van der Waals surface area contributed by atoms with E-state index in [0.717, 1.165) is 0 Å². The Labute approximate surface area is 125 Å². The number of aromatic nitrogens is 1. The van der Waals surface area contributed by atoms with Crippen LogP contribution in [0.25, 0.3) is 0 Å². The first-order valence-corrected chi connectivity index (χ1v) is 6.33. The number of rotatable bonds is 3. The van der Waals surface area contributed by atoms with E-state index in [1.807, 2.05) is 0 Å². The van der Waals surface area contributed by atoms with Gasteiger partial charge in [-0.3, -0.25) is 14.4 Å². The summed E-state index contributed by atoms with van der Waals surface area (Å²) in [4.78, 5) is 34.9. The predicted octanol–water partition coefficient (Wildman–Crippen LogP) is 1.39. The number of carbonyl (C=O) groups excluding carboxylic acids is 2. The maximum atomic E-state index is 12.1. The van der Waals surface area contributed by atoms with Crippen LogP contribution in [-0.2, 0) is 7.05 Å². The van der Waals surface area contributed by atoms with Gasteiger partial charge in [0.25, 0.3) is 17.4 Å². The zero-order valence-corrected chi connectivity index (χ0v) is 11.8. The van der Waals surface area contributed by atoms with Gasteiger partial charge in [0.05, 0.1) is 11.3 Å². The molecule has 0 atom stereocenters. The normalized spacial score (nSPS) is 10.2. The summed E-state index contributed by atoms with van der Waals surface area (Å²) in [5.41, 5.74) is 5.43.